The highest BCUT2D eigenvalue weighted by molar-refractivity contribution is 7.99. The van der Waals surface area contributed by atoms with Gasteiger partial charge in [-0.3, -0.25) is 4.79 Å². The molecule has 0 unspecified atom stereocenters. The van der Waals surface area contributed by atoms with Gasteiger partial charge in [0, 0.05) is 37.2 Å². The number of likely N-dealkylation sites (N-methyl/N-ethyl adjacent to an activating group) is 2. The number of halogens is 2. The van der Waals surface area contributed by atoms with Crippen molar-refractivity contribution >= 4 is 30.1 Å². The largest absolute Gasteiger partial charge is 0.344 e. The van der Waals surface area contributed by atoms with E-state index in [1.54, 1.807) is 30.1 Å². The fraction of sp³-hybridized carbons (Fsp3) is 0.462. The number of amides is 1. The Kier molecular flexibility index (Phi) is 9.65. The first kappa shape index (κ1) is 18.2. The molecule has 0 radical (unpaired) electrons. The smallest absolute Gasteiger partial charge is 0.223 e. The molecular weight excluding hydrogens is 287 g/mol. The molecule has 1 N–H and O–H groups in total. The van der Waals surface area contributed by atoms with Crippen molar-refractivity contribution in [1.29, 1.82) is 0 Å². The Hall–Kier alpha value is -0.780. The van der Waals surface area contributed by atoms with Crippen LogP contribution in [0.15, 0.2) is 29.2 Å². The Morgan fingerprint density at radius 3 is 2.74 bits per heavy atom. The molecule has 0 aliphatic heterocycles. The molecule has 6 heteroatoms. The molecular formula is C13H20ClFN2OS. The fourth-order valence-corrected chi connectivity index (χ4v) is 2.28. The molecule has 0 saturated heterocycles. The molecule has 0 heterocycles. The Balaban J connectivity index is 0.00000324. The highest BCUT2D eigenvalue weighted by Crippen LogP contribution is 2.21. The van der Waals surface area contributed by atoms with E-state index in [2.05, 4.69) is 5.32 Å². The van der Waals surface area contributed by atoms with Gasteiger partial charge in [-0.2, -0.15) is 0 Å². The number of carbonyl (C=O) groups excluding carboxylic acids is 1. The maximum absolute atomic E-state index is 13.3. The molecule has 108 valence electrons. The summed E-state index contributed by atoms with van der Waals surface area (Å²) in [6.45, 7) is 1.47. The van der Waals surface area contributed by atoms with Crippen LogP contribution in [-0.2, 0) is 4.79 Å². The molecule has 0 bridgehead atoms. The number of thioether (sulfide) groups is 1. The van der Waals surface area contributed by atoms with Crippen molar-refractivity contribution in [3.8, 4) is 0 Å². The van der Waals surface area contributed by atoms with Crippen molar-refractivity contribution in [2.45, 2.75) is 11.3 Å². The SMILES string of the molecule is CNCCN(C)C(=O)CCSc1ccccc1F.Cl. The van der Waals surface area contributed by atoms with Gasteiger partial charge in [-0.25, -0.2) is 4.39 Å². The summed E-state index contributed by atoms with van der Waals surface area (Å²) >= 11 is 1.38. The quantitative estimate of drug-likeness (QED) is 0.785. The van der Waals surface area contributed by atoms with E-state index in [-0.39, 0.29) is 24.1 Å². The molecule has 0 aliphatic rings. The number of nitrogens with zero attached hydrogens (tertiary/aromatic N) is 1. The van der Waals surface area contributed by atoms with E-state index in [4.69, 9.17) is 0 Å². The number of carbonyl (C=O) groups is 1. The Labute approximate surface area is 124 Å². The lowest BCUT2D eigenvalue weighted by molar-refractivity contribution is -0.129. The van der Waals surface area contributed by atoms with Crippen LogP contribution in [0.2, 0.25) is 0 Å². The molecule has 0 spiro atoms. The predicted molar refractivity (Wildman–Crippen MR) is 80.6 cm³/mol. The van der Waals surface area contributed by atoms with Crippen molar-refractivity contribution < 1.29 is 9.18 Å². The number of benzene rings is 1. The average molecular weight is 307 g/mol. The first-order chi connectivity index (χ1) is 8.65. The molecule has 0 atom stereocenters. The molecule has 19 heavy (non-hydrogen) atoms. The second-order valence-electron chi connectivity index (χ2n) is 3.95. The van der Waals surface area contributed by atoms with Crippen LogP contribution in [0.3, 0.4) is 0 Å². The summed E-state index contributed by atoms with van der Waals surface area (Å²) in [6.07, 6.45) is 0.430. The molecule has 0 aromatic heterocycles. The van der Waals surface area contributed by atoms with Gasteiger partial charge in [0.05, 0.1) is 0 Å². The summed E-state index contributed by atoms with van der Waals surface area (Å²) in [4.78, 5) is 14.0. The van der Waals surface area contributed by atoms with E-state index < -0.39 is 0 Å². The number of hydrogen-bond donors (Lipinski definition) is 1. The summed E-state index contributed by atoms with van der Waals surface area (Å²) in [7, 11) is 3.64. The highest BCUT2D eigenvalue weighted by Gasteiger charge is 2.08. The first-order valence-electron chi connectivity index (χ1n) is 5.91. The minimum atomic E-state index is -0.224. The van der Waals surface area contributed by atoms with Gasteiger partial charge in [0.15, 0.2) is 0 Å². The van der Waals surface area contributed by atoms with Gasteiger partial charge in [0.1, 0.15) is 5.82 Å². The molecule has 1 aromatic rings. The topological polar surface area (TPSA) is 32.3 Å². The summed E-state index contributed by atoms with van der Waals surface area (Å²) in [5.74, 6) is 0.469. The minimum absolute atomic E-state index is 0. The summed E-state index contributed by atoms with van der Waals surface area (Å²) in [5, 5.41) is 2.99. The number of rotatable bonds is 7. The standard InChI is InChI=1S/C13H19FN2OS.ClH/c1-15-8-9-16(2)13(17)7-10-18-12-6-4-3-5-11(12)14;/h3-6,15H,7-10H2,1-2H3;1H. The zero-order chi connectivity index (χ0) is 13.4. The van der Waals surface area contributed by atoms with Crippen LogP contribution in [0, 0.1) is 5.82 Å². The molecule has 0 fully saturated rings. The second kappa shape index (κ2) is 10.1. The predicted octanol–water partition coefficient (Wildman–Crippen LogP) is 2.41. The number of hydrogen-bond acceptors (Lipinski definition) is 3. The van der Waals surface area contributed by atoms with Gasteiger partial charge in [-0.05, 0) is 19.2 Å². The average Bonchev–Trinajstić information content (AvgIpc) is 2.38. The summed E-state index contributed by atoms with van der Waals surface area (Å²) < 4.78 is 13.3. The van der Waals surface area contributed by atoms with E-state index >= 15 is 0 Å². The third-order valence-corrected chi connectivity index (χ3v) is 3.58. The first-order valence-corrected chi connectivity index (χ1v) is 6.89. The molecule has 0 aliphatic carbocycles. The lowest BCUT2D eigenvalue weighted by atomic mass is 10.3. The van der Waals surface area contributed by atoms with Crippen molar-refractivity contribution in [3.05, 3.63) is 30.1 Å². The zero-order valence-electron chi connectivity index (χ0n) is 11.2. The Morgan fingerprint density at radius 2 is 2.11 bits per heavy atom. The molecule has 1 aromatic carbocycles. The van der Waals surface area contributed by atoms with E-state index in [1.165, 1.54) is 17.8 Å². The van der Waals surface area contributed by atoms with Crippen molar-refractivity contribution in [1.82, 2.24) is 10.2 Å². The van der Waals surface area contributed by atoms with Gasteiger partial charge in [0.25, 0.3) is 0 Å². The van der Waals surface area contributed by atoms with Crippen molar-refractivity contribution in [2.75, 3.05) is 32.9 Å². The molecule has 3 nitrogen and oxygen atoms in total. The third kappa shape index (κ3) is 6.80. The lowest BCUT2D eigenvalue weighted by Crippen LogP contribution is -2.32. The monoisotopic (exact) mass is 306 g/mol. The van der Waals surface area contributed by atoms with Crippen molar-refractivity contribution in [2.24, 2.45) is 0 Å². The third-order valence-electron chi connectivity index (χ3n) is 2.53. The van der Waals surface area contributed by atoms with Crippen LogP contribution in [0.4, 0.5) is 4.39 Å². The fourth-order valence-electron chi connectivity index (χ4n) is 1.41. The highest BCUT2D eigenvalue weighted by atomic mass is 35.5. The van der Waals surface area contributed by atoms with Crippen LogP contribution in [-0.4, -0.2) is 43.7 Å². The van der Waals surface area contributed by atoms with E-state index in [1.807, 2.05) is 7.05 Å². The van der Waals surface area contributed by atoms with E-state index in [0.29, 0.717) is 23.6 Å². The van der Waals surface area contributed by atoms with Crippen LogP contribution in [0.25, 0.3) is 0 Å². The second-order valence-corrected chi connectivity index (χ2v) is 5.08. The van der Waals surface area contributed by atoms with Crippen molar-refractivity contribution in [3.63, 3.8) is 0 Å². The summed E-state index contributed by atoms with van der Waals surface area (Å²) in [5.41, 5.74) is 0. The normalized spacial score (nSPS) is 9.84. The van der Waals surface area contributed by atoms with Gasteiger partial charge in [0.2, 0.25) is 5.91 Å². The molecule has 1 rings (SSSR count). The van der Waals surface area contributed by atoms with Crippen LogP contribution in [0.1, 0.15) is 6.42 Å². The maximum atomic E-state index is 13.3. The minimum Gasteiger partial charge on any atom is -0.344 e. The van der Waals surface area contributed by atoms with Gasteiger partial charge in [-0.15, -0.1) is 24.2 Å². The van der Waals surface area contributed by atoms with E-state index in [9.17, 15) is 9.18 Å². The van der Waals surface area contributed by atoms with Crippen LogP contribution in [0.5, 0.6) is 0 Å². The molecule has 1 amide bonds. The van der Waals surface area contributed by atoms with Crippen LogP contribution < -0.4 is 5.32 Å². The van der Waals surface area contributed by atoms with Crippen LogP contribution >= 0.6 is 24.2 Å². The van der Waals surface area contributed by atoms with Gasteiger partial charge in [-0.1, -0.05) is 12.1 Å². The zero-order valence-corrected chi connectivity index (χ0v) is 12.8. The van der Waals surface area contributed by atoms with E-state index in [0.717, 1.165) is 6.54 Å². The van der Waals surface area contributed by atoms with Gasteiger partial charge >= 0.3 is 0 Å². The summed E-state index contributed by atoms with van der Waals surface area (Å²) in [6, 6.07) is 6.63. The number of nitrogens with one attached hydrogen (secondary N) is 1. The lowest BCUT2D eigenvalue weighted by Gasteiger charge is -2.16. The Bertz CT molecular complexity index is 393. The maximum Gasteiger partial charge on any atom is 0.223 e. The molecule has 0 saturated carbocycles. The Morgan fingerprint density at radius 1 is 1.42 bits per heavy atom. The van der Waals surface area contributed by atoms with Gasteiger partial charge < -0.3 is 10.2 Å².